The zero-order valence-corrected chi connectivity index (χ0v) is 18.0. The molecule has 0 amide bonds. The van der Waals surface area contributed by atoms with Gasteiger partial charge in [-0.2, -0.15) is 0 Å². The van der Waals surface area contributed by atoms with Crippen molar-refractivity contribution in [2.45, 2.75) is 71.5 Å². The smallest absolute Gasteiger partial charge is 0.309 e. The summed E-state index contributed by atoms with van der Waals surface area (Å²) >= 11 is 4.22. The van der Waals surface area contributed by atoms with Gasteiger partial charge in [-0.25, -0.2) is 0 Å². The zero-order valence-electron chi connectivity index (χ0n) is 15.0. The Labute approximate surface area is 164 Å². The van der Waals surface area contributed by atoms with Crippen LogP contribution in [0.15, 0.2) is 8.48 Å². The van der Waals surface area contributed by atoms with Crippen LogP contribution in [-0.2, 0) is 19.0 Å². The van der Waals surface area contributed by atoms with Gasteiger partial charge in [0.15, 0.2) is 6.29 Å². The first kappa shape index (κ1) is 22.3. The quantitative estimate of drug-likeness (QED) is 0.216. The summed E-state index contributed by atoms with van der Waals surface area (Å²) in [6.45, 7) is 5.97. The van der Waals surface area contributed by atoms with E-state index < -0.39 is 0 Å². The fourth-order valence-electron chi connectivity index (χ4n) is 2.39. The van der Waals surface area contributed by atoms with E-state index >= 15 is 0 Å². The fraction of sp³-hybridized carbons (Fsp3) is 0.833. The van der Waals surface area contributed by atoms with E-state index in [9.17, 15) is 4.79 Å². The molecule has 1 aliphatic rings. The van der Waals surface area contributed by atoms with Crippen LogP contribution in [0.3, 0.4) is 0 Å². The molecule has 1 unspecified atom stereocenters. The van der Waals surface area contributed by atoms with Gasteiger partial charge in [-0.1, -0.05) is 13.3 Å². The monoisotopic (exact) mass is 470 g/mol. The second-order valence-corrected chi connectivity index (χ2v) is 8.75. The molecule has 0 aromatic heterocycles. The molecule has 0 aromatic carbocycles. The second kappa shape index (κ2) is 14.4. The maximum Gasteiger partial charge on any atom is 0.309 e. The summed E-state index contributed by atoms with van der Waals surface area (Å²) in [6.07, 6.45) is 7.86. The molecule has 0 N–H and O–H groups in total. The molecule has 4 nitrogen and oxygen atoms in total. The van der Waals surface area contributed by atoms with Crippen molar-refractivity contribution in [3.05, 3.63) is 8.48 Å². The summed E-state index contributed by atoms with van der Waals surface area (Å²) < 4.78 is 17.7. The van der Waals surface area contributed by atoms with Crippen molar-refractivity contribution in [3.8, 4) is 0 Å². The molecular weight excluding hydrogens is 439 g/mol. The zero-order chi connectivity index (χ0) is 17.6. The third-order valence-electron chi connectivity index (χ3n) is 3.73. The molecule has 1 saturated heterocycles. The van der Waals surface area contributed by atoms with Crippen LogP contribution in [-0.4, -0.2) is 37.8 Å². The largest absolute Gasteiger partial charge is 0.466 e. The fourth-order valence-corrected chi connectivity index (χ4v) is 4.51. The maximum absolute atomic E-state index is 11.8. The number of hydrogen-bond acceptors (Lipinski definition) is 5. The number of thioether (sulfide) groups is 1. The number of rotatable bonds is 12. The van der Waals surface area contributed by atoms with Gasteiger partial charge >= 0.3 is 5.97 Å². The van der Waals surface area contributed by atoms with Crippen molar-refractivity contribution >= 4 is 40.3 Å². The summed E-state index contributed by atoms with van der Waals surface area (Å²) in [4.78, 5) is 11.8. The number of ether oxygens (including phenoxy) is 3. The Morgan fingerprint density at radius 3 is 2.79 bits per heavy atom. The molecule has 1 heterocycles. The predicted octanol–water partition coefficient (Wildman–Crippen LogP) is 5.44. The highest BCUT2D eigenvalue weighted by Gasteiger charge is 2.15. The minimum Gasteiger partial charge on any atom is -0.466 e. The number of halogens is 1. The Morgan fingerprint density at radius 2 is 2.12 bits per heavy atom. The van der Waals surface area contributed by atoms with Crippen LogP contribution in [0.1, 0.15) is 65.2 Å². The molecule has 1 fully saturated rings. The van der Waals surface area contributed by atoms with Crippen LogP contribution in [0.5, 0.6) is 0 Å². The Kier molecular flexibility index (Phi) is 13.3. The topological polar surface area (TPSA) is 44.8 Å². The van der Waals surface area contributed by atoms with Crippen LogP contribution in [0, 0.1) is 0 Å². The summed E-state index contributed by atoms with van der Waals surface area (Å²) in [5, 5.41) is 0. The van der Waals surface area contributed by atoms with E-state index in [1.807, 2.05) is 18.7 Å². The van der Waals surface area contributed by atoms with Crippen LogP contribution in [0.2, 0.25) is 0 Å². The Bertz CT molecular complexity index is 381. The van der Waals surface area contributed by atoms with Crippen LogP contribution < -0.4 is 0 Å². The highest BCUT2D eigenvalue weighted by Crippen LogP contribution is 2.32. The van der Waals surface area contributed by atoms with E-state index in [0.29, 0.717) is 19.6 Å². The first-order valence-corrected chi connectivity index (χ1v) is 11.1. The highest BCUT2D eigenvalue weighted by atomic mass is 127. The van der Waals surface area contributed by atoms with Crippen molar-refractivity contribution in [1.82, 2.24) is 0 Å². The lowest BCUT2D eigenvalue weighted by Crippen LogP contribution is -2.22. The lowest BCUT2D eigenvalue weighted by atomic mass is 10.1. The molecular formula is C18H31IO4S. The van der Waals surface area contributed by atoms with Gasteiger partial charge in [0.05, 0.1) is 19.6 Å². The molecule has 6 heteroatoms. The number of unbranched alkanes of at least 4 members (excludes halogenated alkanes) is 1. The molecule has 0 spiro atoms. The third kappa shape index (κ3) is 10.3. The van der Waals surface area contributed by atoms with Gasteiger partial charge in [-0.05, 0) is 79.4 Å². The van der Waals surface area contributed by atoms with Crippen LogP contribution in [0.4, 0.5) is 0 Å². The molecule has 0 radical (unpaired) electrons. The Hall–Kier alpha value is 0.210. The first-order chi connectivity index (χ1) is 11.7. The van der Waals surface area contributed by atoms with Crippen molar-refractivity contribution in [2.75, 3.05) is 25.6 Å². The predicted molar refractivity (Wildman–Crippen MR) is 108 cm³/mol. The lowest BCUT2D eigenvalue weighted by Gasteiger charge is -2.22. The number of esters is 1. The van der Waals surface area contributed by atoms with Crippen LogP contribution in [0.25, 0.3) is 0 Å². The molecule has 140 valence electrons. The Balaban J connectivity index is 2.41. The summed E-state index contributed by atoms with van der Waals surface area (Å²) in [5.74, 6) is 0.974. The lowest BCUT2D eigenvalue weighted by molar-refractivity contribution is -0.162. The molecule has 1 atom stereocenters. The molecule has 24 heavy (non-hydrogen) atoms. The second-order valence-electron chi connectivity index (χ2n) is 5.83. The molecule has 1 rings (SSSR count). The van der Waals surface area contributed by atoms with Gasteiger partial charge in [0.2, 0.25) is 0 Å². The maximum atomic E-state index is 11.8. The third-order valence-corrected chi connectivity index (χ3v) is 6.46. The summed E-state index contributed by atoms with van der Waals surface area (Å²) in [7, 11) is 0. The highest BCUT2D eigenvalue weighted by molar-refractivity contribution is 14.1. The molecule has 1 aliphatic heterocycles. The van der Waals surface area contributed by atoms with E-state index in [1.54, 1.807) is 0 Å². The van der Waals surface area contributed by atoms with Crippen molar-refractivity contribution in [1.29, 1.82) is 0 Å². The van der Waals surface area contributed by atoms with Crippen molar-refractivity contribution in [2.24, 2.45) is 0 Å². The van der Waals surface area contributed by atoms with Gasteiger partial charge in [0.25, 0.3) is 0 Å². The normalized spacial score (nSPS) is 19.0. The van der Waals surface area contributed by atoms with Gasteiger partial charge in [-0.15, -0.1) is 11.8 Å². The molecule has 0 aromatic rings. The SMILES string of the molecule is CCCCS/C(I)=C(/CCCOC1CCCCO1)CC(=O)OCC. The van der Waals surface area contributed by atoms with E-state index in [4.69, 9.17) is 14.2 Å². The summed E-state index contributed by atoms with van der Waals surface area (Å²) in [6, 6.07) is 0. The van der Waals surface area contributed by atoms with Crippen molar-refractivity contribution in [3.63, 3.8) is 0 Å². The van der Waals surface area contributed by atoms with Gasteiger partial charge in [0.1, 0.15) is 0 Å². The van der Waals surface area contributed by atoms with E-state index in [2.05, 4.69) is 29.5 Å². The average molecular weight is 470 g/mol. The standard InChI is InChI=1S/C18H31IO4S/c1-3-5-13-24-18(19)15(14-16(20)21-4-2)9-8-12-23-17-10-6-7-11-22-17/h17H,3-14H2,1-2H3/b18-15-. The van der Waals surface area contributed by atoms with E-state index in [-0.39, 0.29) is 12.3 Å². The molecule has 0 aliphatic carbocycles. The number of carbonyl (C=O) groups excluding carboxylic acids is 1. The Morgan fingerprint density at radius 1 is 1.29 bits per heavy atom. The first-order valence-electron chi connectivity index (χ1n) is 9.06. The number of carbonyl (C=O) groups is 1. The minimum absolute atomic E-state index is 0.0331. The summed E-state index contributed by atoms with van der Waals surface area (Å²) in [5.41, 5.74) is 1.18. The minimum atomic E-state index is -0.130. The average Bonchev–Trinajstić information content (AvgIpc) is 2.59. The number of hydrogen-bond donors (Lipinski definition) is 0. The van der Waals surface area contributed by atoms with Crippen molar-refractivity contribution < 1.29 is 19.0 Å². The van der Waals surface area contributed by atoms with Gasteiger partial charge < -0.3 is 14.2 Å². The van der Waals surface area contributed by atoms with Gasteiger partial charge in [-0.3, -0.25) is 4.79 Å². The van der Waals surface area contributed by atoms with Crippen LogP contribution >= 0.6 is 34.4 Å². The molecule has 0 saturated carbocycles. The molecule has 0 bridgehead atoms. The van der Waals surface area contributed by atoms with E-state index in [0.717, 1.165) is 38.0 Å². The van der Waals surface area contributed by atoms with Gasteiger partial charge in [0, 0.05) is 9.52 Å². The van der Waals surface area contributed by atoms with E-state index in [1.165, 1.54) is 27.7 Å².